The van der Waals surface area contributed by atoms with Crippen LogP contribution in [0.25, 0.3) is 0 Å². The number of aromatic nitrogens is 1. The van der Waals surface area contributed by atoms with Gasteiger partial charge in [-0.05, 0) is 45.7 Å². The lowest BCUT2D eigenvalue weighted by atomic mass is 9.97. The number of hydrogen-bond donors (Lipinski definition) is 2. The number of rotatable bonds is 8. The van der Waals surface area contributed by atoms with Crippen LogP contribution in [0.1, 0.15) is 37.5 Å². The zero-order chi connectivity index (χ0) is 15.8. The molecule has 6 nitrogen and oxygen atoms in total. The van der Waals surface area contributed by atoms with E-state index < -0.39 is 6.10 Å². The molecule has 2 heterocycles. The first-order valence-electron chi connectivity index (χ1n) is 7.87. The molecule has 2 rings (SSSR count). The van der Waals surface area contributed by atoms with Crippen molar-refractivity contribution >= 4 is 22.4 Å². The molecule has 2 N–H and O–H groups in total. The van der Waals surface area contributed by atoms with Crippen LogP contribution in [-0.2, 0) is 14.3 Å². The maximum absolute atomic E-state index is 12.0. The number of carbonyl (C=O) groups excluding carboxylic acids is 1. The first kappa shape index (κ1) is 17.3. The topological polar surface area (TPSA) is 72.5 Å². The van der Waals surface area contributed by atoms with Crippen molar-refractivity contribution in [1.29, 1.82) is 0 Å². The molecule has 1 aliphatic heterocycles. The minimum absolute atomic E-state index is 0.164. The Hall–Kier alpha value is -1.02. The van der Waals surface area contributed by atoms with E-state index in [4.69, 9.17) is 9.47 Å². The van der Waals surface area contributed by atoms with Gasteiger partial charge in [0.05, 0.1) is 13.2 Å². The summed E-state index contributed by atoms with van der Waals surface area (Å²) in [6, 6.07) is 0. The molecule has 1 aliphatic rings. The van der Waals surface area contributed by atoms with Gasteiger partial charge in [0.2, 0.25) is 0 Å². The monoisotopic (exact) mass is 327 g/mol. The highest BCUT2D eigenvalue weighted by molar-refractivity contribution is 7.15. The molecule has 0 saturated carbocycles. The predicted molar refractivity (Wildman–Crippen MR) is 87.5 cm³/mol. The van der Waals surface area contributed by atoms with Crippen LogP contribution in [0.3, 0.4) is 0 Å². The smallest absolute Gasteiger partial charge is 0.254 e. The van der Waals surface area contributed by atoms with Crippen LogP contribution in [0.15, 0.2) is 6.20 Å². The molecular formula is C15H25N3O3S. The third kappa shape index (κ3) is 5.31. The summed E-state index contributed by atoms with van der Waals surface area (Å²) in [5.74, 6) is 0.395. The first-order chi connectivity index (χ1) is 10.7. The van der Waals surface area contributed by atoms with Gasteiger partial charge in [-0.3, -0.25) is 10.1 Å². The lowest BCUT2D eigenvalue weighted by Crippen LogP contribution is -2.28. The first-order valence-corrected chi connectivity index (χ1v) is 8.69. The average Bonchev–Trinajstić information content (AvgIpc) is 3.00. The van der Waals surface area contributed by atoms with Crippen molar-refractivity contribution < 1.29 is 14.3 Å². The number of amides is 1. The Kier molecular flexibility index (Phi) is 7.24. The number of nitrogens with zero attached hydrogens (tertiary/aromatic N) is 1. The van der Waals surface area contributed by atoms with Crippen molar-refractivity contribution in [2.45, 2.75) is 38.7 Å². The molecule has 1 atom stereocenters. The van der Waals surface area contributed by atoms with Gasteiger partial charge in [-0.25, -0.2) is 4.98 Å². The van der Waals surface area contributed by atoms with E-state index in [0.29, 0.717) is 30.9 Å². The van der Waals surface area contributed by atoms with E-state index in [9.17, 15) is 4.79 Å². The minimum Gasteiger partial charge on any atom is -0.379 e. The molecule has 1 aromatic rings. The number of ether oxygens (including phenoxy) is 2. The Labute approximate surface area is 135 Å². The van der Waals surface area contributed by atoms with E-state index in [1.54, 1.807) is 18.3 Å². The van der Waals surface area contributed by atoms with Crippen molar-refractivity contribution in [2.24, 2.45) is 0 Å². The maximum atomic E-state index is 12.0. The van der Waals surface area contributed by atoms with Gasteiger partial charge >= 0.3 is 0 Å². The fraction of sp³-hybridized carbons (Fsp3) is 0.733. The fourth-order valence-corrected chi connectivity index (χ4v) is 3.34. The Morgan fingerprint density at radius 3 is 3.00 bits per heavy atom. The second kappa shape index (κ2) is 9.19. The van der Waals surface area contributed by atoms with E-state index >= 15 is 0 Å². The molecule has 1 fully saturated rings. The predicted octanol–water partition coefficient (Wildman–Crippen LogP) is 1.99. The Bertz CT molecular complexity index is 461. The molecule has 1 aromatic heterocycles. The summed E-state index contributed by atoms with van der Waals surface area (Å²) < 4.78 is 10.6. The fourth-order valence-electron chi connectivity index (χ4n) is 2.35. The standard InChI is InChI=1S/C15H25N3O3S/c1-3-20-8-9-21-11(2)14(19)18-15-17-10-13(22-15)12-4-6-16-7-5-12/h10-12,16H,3-9H2,1-2H3,(H,17,18,19). The zero-order valence-corrected chi connectivity index (χ0v) is 14.1. The highest BCUT2D eigenvalue weighted by Gasteiger charge is 2.19. The van der Waals surface area contributed by atoms with Gasteiger partial charge < -0.3 is 14.8 Å². The highest BCUT2D eigenvalue weighted by atomic mass is 32.1. The van der Waals surface area contributed by atoms with Crippen LogP contribution in [0.5, 0.6) is 0 Å². The second-order valence-corrected chi connectivity index (χ2v) is 6.35. The summed E-state index contributed by atoms with van der Waals surface area (Å²) in [7, 11) is 0. The number of thiazole rings is 1. The maximum Gasteiger partial charge on any atom is 0.254 e. The van der Waals surface area contributed by atoms with Gasteiger partial charge in [-0.2, -0.15) is 0 Å². The quantitative estimate of drug-likeness (QED) is 0.715. The van der Waals surface area contributed by atoms with Gasteiger partial charge in [-0.1, -0.05) is 0 Å². The summed E-state index contributed by atoms with van der Waals surface area (Å²) in [5.41, 5.74) is 0. The van der Waals surface area contributed by atoms with Crippen LogP contribution in [0.2, 0.25) is 0 Å². The number of anilines is 1. The van der Waals surface area contributed by atoms with E-state index in [0.717, 1.165) is 25.9 Å². The van der Waals surface area contributed by atoms with Gasteiger partial charge in [0.1, 0.15) is 6.10 Å². The Morgan fingerprint density at radius 2 is 2.27 bits per heavy atom. The Morgan fingerprint density at radius 1 is 1.50 bits per heavy atom. The molecule has 124 valence electrons. The Balaban J connectivity index is 1.77. The van der Waals surface area contributed by atoms with Crippen molar-refractivity contribution in [3.8, 4) is 0 Å². The van der Waals surface area contributed by atoms with Crippen molar-refractivity contribution in [3.63, 3.8) is 0 Å². The molecule has 1 saturated heterocycles. The summed E-state index contributed by atoms with van der Waals surface area (Å²) in [4.78, 5) is 17.6. The molecule has 22 heavy (non-hydrogen) atoms. The molecule has 0 bridgehead atoms. The molecular weight excluding hydrogens is 302 g/mol. The normalized spacial score (nSPS) is 17.4. The van der Waals surface area contributed by atoms with E-state index in [2.05, 4.69) is 15.6 Å². The second-order valence-electron chi connectivity index (χ2n) is 5.29. The molecule has 0 aliphatic carbocycles. The van der Waals surface area contributed by atoms with Crippen LogP contribution in [-0.4, -0.2) is 49.9 Å². The summed E-state index contributed by atoms with van der Waals surface area (Å²) in [5, 5.41) is 6.84. The van der Waals surface area contributed by atoms with Crippen molar-refractivity contribution in [2.75, 3.05) is 38.2 Å². The van der Waals surface area contributed by atoms with Crippen molar-refractivity contribution in [3.05, 3.63) is 11.1 Å². The zero-order valence-electron chi connectivity index (χ0n) is 13.3. The summed E-state index contributed by atoms with van der Waals surface area (Å²) in [6.07, 6.45) is 3.64. The van der Waals surface area contributed by atoms with Gasteiger partial charge in [0.25, 0.3) is 5.91 Å². The van der Waals surface area contributed by atoms with Crippen LogP contribution in [0, 0.1) is 0 Å². The molecule has 0 radical (unpaired) electrons. The van der Waals surface area contributed by atoms with Crippen LogP contribution < -0.4 is 10.6 Å². The molecule has 0 aromatic carbocycles. The third-order valence-electron chi connectivity index (χ3n) is 3.66. The highest BCUT2D eigenvalue weighted by Crippen LogP contribution is 2.31. The van der Waals surface area contributed by atoms with E-state index in [1.807, 2.05) is 13.1 Å². The number of nitrogens with one attached hydrogen (secondary N) is 2. The largest absolute Gasteiger partial charge is 0.379 e. The minimum atomic E-state index is -0.508. The number of hydrogen-bond acceptors (Lipinski definition) is 6. The van der Waals surface area contributed by atoms with E-state index in [1.165, 1.54) is 4.88 Å². The van der Waals surface area contributed by atoms with Crippen LogP contribution >= 0.6 is 11.3 Å². The summed E-state index contributed by atoms with van der Waals surface area (Å²) in [6.45, 7) is 7.35. The molecule has 0 spiro atoms. The molecule has 1 unspecified atom stereocenters. The number of carbonyl (C=O) groups is 1. The number of piperidine rings is 1. The average molecular weight is 327 g/mol. The lowest BCUT2D eigenvalue weighted by Gasteiger charge is -2.20. The summed E-state index contributed by atoms with van der Waals surface area (Å²) >= 11 is 1.57. The van der Waals surface area contributed by atoms with Gasteiger partial charge in [-0.15, -0.1) is 11.3 Å². The molecule has 7 heteroatoms. The van der Waals surface area contributed by atoms with Crippen LogP contribution in [0.4, 0.5) is 5.13 Å². The van der Waals surface area contributed by atoms with E-state index in [-0.39, 0.29) is 5.91 Å². The third-order valence-corrected chi connectivity index (χ3v) is 4.74. The molecule has 1 amide bonds. The lowest BCUT2D eigenvalue weighted by molar-refractivity contribution is -0.127. The SMILES string of the molecule is CCOCCOC(C)C(=O)Nc1ncc(C2CCNCC2)s1. The van der Waals surface area contributed by atoms with Gasteiger partial charge in [0, 0.05) is 17.7 Å². The van der Waals surface area contributed by atoms with Crippen molar-refractivity contribution in [1.82, 2.24) is 10.3 Å². The van der Waals surface area contributed by atoms with Gasteiger partial charge in [0.15, 0.2) is 5.13 Å².